The second-order valence-electron chi connectivity index (χ2n) is 5.46. The van der Waals surface area contributed by atoms with Gasteiger partial charge in [0.05, 0.1) is 11.5 Å². The van der Waals surface area contributed by atoms with Crippen molar-refractivity contribution in [3.8, 4) is 10.7 Å². The molecule has 2 aromatic heterocycles. The number of hydrogen-bond donors (Lipinski definition) is 2. The van der Waals surface area contributed by atoms with E-state index in [0.29, 0.717) is 17.2 Å². The van der Waals surface area contributed by atoms with E-state index >= 15 is 0 Å². The lowest BCUT2D eigenvalue weighted by Gasteiger charge is -2.17. The van der Waals surface area contributed by atoms with Crippen molar-refractivity contribution < 1.29 is 9.53 Å². The maximum atomic E-state index is 12.8. The summed E-state index contributed by atoms with van der Waals surface area (Å²) in [5.74, 6) is 0.492. The highest BCUT2D eigenvalue weighted by Crippen LogP contribution is 2.26. The number of nitrogens with one attached hydrogen (secondary N) is 2. The quantitative estimate of drug-likeness (QED) is 0.640. The van der Waals surface area contributed by atoms with Crippen LogP contribution in [-0.4, -0.2) is 27.8 Å². The average molecular weight is 374 g/mol. The van der Waals surface area contributed by atoms with Crippen LogP contribution in [0.4, 0.5) is 5.69 Å². The monoisotopic (exact) mass is 374 g/mol. The minimum atomic E-state index is -0.515. The number of anilines is 1. The zero-order chi connectivity index (χ0) is 17.8. The standard InChI is InChI=1S/C17H18N4O2S2/c1-11(16(22)18-13-7-4-3-6-12(13)10-23-2)21-15(19-20-17(21)24)14-8-5-9-25-14/h3-9,11H,10H2,1-2H3,(H,18,22)(H,20,24)/t11-/m0/s1. The van der Waals surface area contributed by atoms with Gasteiger partial charge in [0, 0.05) is 18.4 Å². The summed E-state index contributed by atoms with van der Waals surface area (Å²) in [7, 11) is 1.62. The van der Waals surface area contributed by atoms with Crippen LogP contribution in [0, 0.1) is 4.77 Å². The molecule has 1 atom stereocenters. The molecule has 1 amide bonds. The normalized spacial score (nSPS) is 12.1. The zero-order valence-corrected chi connectivity index (χ0v) is 15.5. The number of methoxy groups -OCH3 is 1. The number of aromatic amines is 1. The van der Waals surface area contributed by atoms with Crippen molar-refractivity contribution in [2.75, 3.05) is 12.4 Å². The molecule has 0 fully saturated rings. The molecule has 0 bridgehead atoms. The van der Waals surface area contributed by atoms with Gasteiger partial charge in [-0.1, -0.05) is 24.3 Å². The van der Waals surface area contributed by atoms with E-state index in [9.17, 15) is 4.79 Å². The first-order chi connectivity index (χ1) is 12.1. The summed E-state index contributed by atoms with van der Waals surface area (Å²) in [6.45, 7) is 2.23. The summed E-state index contributed by atoms with van der Waals surface area (Å²) in [5, 5.41) is 12.0. The van der Waals surface area contributed by atoms with Crippen molar-refractivity contribution in [3.63, 3.8) is 0 Å². The van der Waals surface area contributed by atoms with Crippen LogP contribution < -0.4 is 5.32 Å². The molecule has 1 aromatic carbocycles. The first-order valence-corrected chi connectivity index (χ1v) is 8.99. The smallest absolute Gasteiger partial charge is 0.247 e. The van der Waals surface area contributed by atoms with Crippen LogP contribution >= 0.6 is 23.6 Å². The first kappa shape index (κ1) is 17.5. The number of nitrogens with zero attached hydrogens (tertiary/aromatic N) is 2. The molecule has 0 unspecified atom stereocenters. The number of thiophene rings is 1. The Morgan fingerprint density at radius 3 is 2.92 bits per heavy atom. The Hall–Kier alpha value is -2.29. The maximum absolute atomic E-state index is 12.8. The topological polar surface area (TPSA) is 71.9 Å². The van der Waals surface area contributed by atoms with Gasteiger partial charge in [-0.05, 0) is 36.7 Å². The van der Waals surface area contributed by atoms with Gasteiger partial charge in [0.1, 0.15) is 6.04 Å². The third-order valence-corrected chi connectivity index (χ3v) is 4.94. The number of aromatic nitrogens is 3. The van der Waals surface area contributed by atoms with Crippen LogP contribution in [0.5, 0.6) is 0 Å². The molecule has 3 aromatic rings. The fraction of sp³-hybridized carbons (Fsp3) is 0.235. The number of carbonyl (C=O) groups is 1. The number of ether oxygens (including phenoxy) is 1. The minimum Gasteiger partial charge on any atom is -0.380 e. The molecule has 0 saturated heterocycles. The van der Waals surface area contributed by atoms with Gasteiger partial charge in [0.2, 0.25) is 5.91 Å². The lowest BCUT2D eigenvalue weighted by molar-refractivity contribution is -0.118. The number of amides is 1. The summed E-state index contributed by atoms with van der Waals surface area (Å²) in [5.41, 5.74) is 1.65. The molecule has 0 radical (unpaired) electrons. The Labute approximate surface area is 154 Å². The van der Waals surface area contributed by atoms with Crippen LogP contribution in [0.25, 0.3) is 10.7 Å². The molecule has 2 N–H and O–H groups in total. The van der Waals surface area contributed by atoms with Crippen molar-refractivity contribution in [3.05, 3.63) is 52.1 Å². The van der Waals surface area contributed by atoms with Crippen molar-refractivity contribution in [1.29, 1.82) is 0 Å². The van der Waals surface area contributed by atoms with Gasteiger partial charge in [0.15, 0.2) is 10.6 Å². The SMILES string of the molecule is COCc1ccccc1NC(=O)[C@H](C)n1c(-c2cccs2)n[nH]c1=S. The van der Waals surface area contributed by atoms with Crippen LogP contribution in [0.15, 0.2) is 41.8 Å². The van der Waals surface area contributed by atoms with Crippen LogP contribution in [-0.2, 0) is 16.1 Å². The predicted molar refractivity (Wildman–Crippen MR) is 101 cm³/mol. The number of hydrogen-bond acceptors (Lipinski definition) is 5. The second kappa shape index (κ2) is 7.73. The summed E-state index contributed by atoms with van der Waals surface area (Å²) >= 11 is 6.87. The summed E-state index contributed by atoms with van der Waals surface area (Å²) < 4.78 is 7.33. The fourth-order valence-corrected chi connectivity index (χ4v) is 3.52. The Kier molecular flexibility index (Phi) is 5.42. The highest BCUT2D eigenvalue weighted by Gasteiger charge is 2.22. The number of para-hydroxylation sites is 1. The number of benzene rings is 1. The Balaban J connectivity index is 1.87. The van der Waals surface area contributed by atoms with E-state index in [2.05, 4.69) is 15.5 Å². The highest BCUT2D eigenvalue weighted by atomic mass is 32.1. The molecular formula is C17H18N4O2S2. The largest absolute Gasteiger partial charge is 0.380 e. The van der Waals surface area contributed by atoms with E-state index < -0.39 is 6.04 Å². The van der Waals surface area contributed by atoms with E-state index in [4.69, 9.17) is 17.0 Å². The third-order valence-electron chi connectivity index (χ3n) is 3.79. The molecule has 0 aliphatic rings. The molecule has 6 nitrogen and oxygen atoms in total. The third kappa shape index (κ3) is 3.71. The molecule has 3 rings (SSSR count). The molecule has 2 heterocycles. The van der Waals surface area contributed by atoms with Crippen molar-refractivity contribution >= 4 is 35.1 Å². The molecule has 8 heteroatoms. The van der Waals surface area contributed by atoms with Crippen LogP contribution in [0.3, 0.4) is 0 Å². The highest BCUT2D eigenvalue weighted by molar-refractivity contribution is 7.71. The Morgan fingerprint density at radius 1 is 1.40 bits per heavy atom. The second-order valence-corrected chi connectivity index (χ2v) is 6.79. The molecular weight excluding hydrogens is 356 g/mol. The van der Waals surface area contributed by atoms with Crippen LogP contribution in [0.2, 0.25) is 0 Å². The zero-order valence-electron chi connectivity index (χ0n) is 13.9. The molecule has 130 valence electrons. The Morgan fingerprint density at radius 2 is 2.20 bits per heavy atom. The van der Waals surface area contributed by atoms with E-state index in [-0.39, 0.29) is 5.91 Å². The summed E-state index contributed by atoms with van der Waals surface area (Å²) in [6, 6.07) is 10.9. The molecule has 0 aliphatic heterocycles. The van der Waals surface area contributed by atoms with Crippen LogP contribution in [0.1, 0.15) is 18.5 Å². The molecule has 0 saturated carbocycles. The lowest BCUT2D eigenvalue weighted by Crippen LogP contribution is -2.25. The van der Waals surface area contributed by atoms with Gasteiger partial charge in [-0.2, -0.15) is 5.10 Å². The van der Waals surface area contributed by atoms with Crippen molar-refractivity contribution in [1.82, 2.24) is 14.8 Å². The summed E-state index contributed by atoms with van der Waals surface area (Å²) in [6.07, 6.45) is 0. The molecule has 25 heavy (non-hydrogen) atoms. The van der Waals surface area contributed by atoms with E-state index in [1.165, 1.54) is 0 Å². The Bertz CT molecular complexity index is 915. The number of H-pyrrole nitrogens is 1. The van der Waals surface area contributed by atoms with E-state index in [0.717, 1.165) is 16.1 Å². The number of rotatable bonds is 6. The van der Waals surface area contributed by atoms with Gasteiger partial charge >= 0.3 is 0 Å². The van der Waals surface area contributed by atoms with Gasteiger partial charge in [0.25, 0.3) is 0 Å². The van der Waals surface area contributed by atoms with Gasteiger partial charge in [-0.25, -0.2) is 0 Å². The maximum Gasteiger partial charge on any atom is 0.247 e. The molecule has 0 aliphatic carbocycles. The summed E-state index contributed by atoms with van der Waals surface area (Å²) in [4.78, 5) is 13.7. The van der Waals surface area contributed by atoms with Gasteiger partial charge in [-0.3, -0.25) is 14.5 Å². The minimum absolute atomic E-state index is 0.168. The van der Waals surface area contributed by atoms with Gasteiger partial charge in [-0.15, -0.1) is 11.3 Å². The molecule has 0 spiro atoms. The van der Waals surface area contributed by atoms with Gasteiger partial charge < -0.3 is 10.1 Å². The van der Waals surface area contributed by atoms with Crippen molar-refractivity contribution in [2.24, 2.45) is 0 Å². The average Bonchev–Trinajstić information content (AvgIpc) is 3.25. The van der Waals surface area contributed by atoms with E-state index in [1.807, 2.05) is 41.8 Å². The number of carbonyl (C=O) groups excluding carboxylic acids is 1. The van der Waals surface area contributed by atoms with Crippen molar-refractivity contribution in [2.45, 2.75) is 19.6 Å². The lowest BCUT2D eigenvalue weighted by atomic mass is 10.1. The predicted octanol–water partition coefficient (Wildman–Crippen LogP) is 4.02. The fourth-order valence-electron chi connectivity index (χ4n) is 2.52. The van der Waals surface area contributed by atoms with E-state index in [1.54, 1.807) is 29.9 Å². The first-order valence-electron chi connectivity index (χ1n) is 7.70.